The molecule has 2 aromatic rings. The van der Waals surface area contributed by atoms with Gasteiger partial charge in [-0.1, -0.05) is 24.6 Å². The average molecular weight is 356 g/mol. The van der Waals surface area contributed by atoms with Gasteiger partial charge in [-0.05, 0) is 38.5 Å². The average Bonchev–Trinajstić information content (AvgIpc) is 2.57. The monoisotopic (exact) mass is 355 g/mol. The van der Waals surface area contributed by atoms with Crippen LogP contribution in [0.1, 0.15) is 32.8 Å². The van der Waals surface area contributed by atoms with Gasteiger partial charge in [0.15, 0.2) is 0 Å². The summed E-state index contributed by atoms with van der Waals surface area (Å²) >= 11 is 6.08. The fourth-order valence-electron chi connectivity index (χ4n) is 2.78. The molecule has 0 saturated carbocycles. The van der Waals surface area contributed by atoms with Gasteiger partial charge in [0.2, 0.25) is 0 Å². The highest BCUT2D eigenvalue weighted by Crippen LogP contribution is 2.38. The zero-order valence-corrected chi connectivity index (χ0v) is 14.9. The van der Waals surface area contributed by atoms with E-state index in [1.54, 1.807) is 13.8 Å². The minimum atomic E-state index is -0.849. The van der Waals surface area contributed by atoms with E-state index in [2.05, 4.69) is 0 Å². The van der Waals surface area contributed by atoms with Crippen LogP contribution in [0, 0.1) is 11.6 Å². The maximum atomic E-state index is 14.4. The van der Waals surface area contributed by atoms with Crippen LogP contribution >= 0.6 is 11.6 Å². The third-order valence-electron chi connectivity index (χ3n) is 4.46. The molecule has 1 aromatic carbocycles. The molecular weight excluding hydrogens is 336 g/mol. The van der Waals surface area contributed by atoms with Gasteiger partial charge < -0.3 is 9.30 Å². The molecule has 0 radical (unpaired) electrons. The van der Waals surface area contributed by atoms with E-state index in [1.165, 1.54) is 23.8 Å². The Balaban J connectivity index is 3.02. The summed E-state index contributed by atoms with van der Waals surface area (Å²) in [6.45, 7) is 5.63. The van der Waals surface area contributed by atoms with Gasteiger partial charge in [-0.3, -0.25) is 4.79 Å². The molecule has 0 amide bonds. The van der Waals surface area contributed by atoms with Gasteiger partial charge in [0, 0.05) is 19.2 Å². The first kappa shape index (κ1) is 18.6. The number of halogens is 3. The summed E-state index contributed by atoms with van der Waals surface area (Å²) < 4.78 is 35.7. The number of pyridine rings is 1. The predicted molar refractivity (Wildman–Crippen MR) is 91.4 cm³/mol. The van der Waals surface area contributed by atoms with Crippen LogP contribution in [0.5, 0.6) is 0 Å². The molecule has 2 rings (SSSR count). The van der Waals surface area contributed by atoms with E-state index in [1.807, 2.05) is 6.92 Å². The second kappa shape index (κ2) is 7.03. The molecule has 0 spiro atoms. The molecule has 3 nitrogen and oxygen atoms in total. The minimum absolute atomic E-state index is 0.0101. The Kier molecular flexibility index (Phi) is 5.45. The molecule has 1 atom stereocenters. The van der Waals surface area contributed by atoms with Crippen molar-refractivity contribution in [2.24, 2.45) is 0 Å². The van der Waals surface area contributed by atoms with Crippen LogP contribution in [-0.4, -0.2) is 11.7 Å². The van der Waals surface area contributed by atoms with Crippen LogP contribution in [-0.2, 0) is 16.9 Å². The number of aromatic nitrogens is 1. The lowest BCUT2D eigenvalue weighted by Crippen LogP contribution is -2.31. The highest BCUT2D eigenvalue weighted by Gasteiger charge is 2.32. The minimum Gasteiger partial charge on any atom is -0.374 e. The van der Waals surface area contributed by atoms with E-state index in [4.69, 9.17) is 16.3 Å². The van der Waals surface area contributed by atoms with Crippen LogP contribution in [0.25, 0.3) is 11.3 Å². The van der Waals surface area contributed by atoms with E-state index in [0.717, 1.165) is 12.1 Å². The zero-order chi connectivity index (χ0) is 18.1. The molecule has 0 aliphatic heterocycles. The standard InChI is InChI=1S/C18H20ClF2NO2/c1-5-18(3,24-4)11-10-12(19)17(23)22(6-2)16(11)15-13(20)8-7-9-14(15)21/h7-10H,5-6H2,1-4H3. The molecule has 0 aliphatic carbocycles. The van der Waals surface area contributed by atoms with Crippen LogP contribution in [0.3, 0.4) is 0 Å². The lowest BCUT2D eigenvalue weighted by molar-refractivity contribution is -0.00142. The first-order chi connectivity index (χ1) is 11.3. The molecule has 6 heteroatoms. The molecule has 1 aromatic heterocycles. The Morgan fingerprint density at radius 1 is 1.25 bits per heavy atom. The van der Waals surface area contributed by atoms with Crippen LogP contribution < -0.4 is 5.56 Å². The summed E-state index contributed by atoms with van der Waals surface area (Å²) in [5.74, 6) is -1.48. The summed E-state index contributed by atoms with van der Waals surface area (Å²) in [6, 6.07) is 5.06. The highest BCUT2D eigenvalue weighted by atomic mass is 35.5. The Labute approximate surface area is 144 Å². The Hall–Kier alpha value is -1.72. The van der Waals surface area contributed by atoms with Crippen molar-refractivity contribution in [2.75, 3.05) is 7.11 Å². The maximum Gasteiger partial charge on any atom is 0.269 e. The summed E-state index contributed by atoms with van der Waals surface area (Å²) in [6.07, 6.45) is 0.533. The van der Waals surface area contributed by atoms with E-state index in [9.17, 15) is 13.6 Å². The fraction of sp³-hybridized carbons (Fsp3) is 0.389. The number of nitrogens with zero attached hydrogens (tertiary/aromatic N) is 1. The van der Waals surface area contributed by atoms with Crippen molar-refractivity contribution in [3.63, 3.8) is 0 Å². The second-order valence-electron chi connectivity index (χ2n) is 5.69. The molecular formula is C18H20ClF2NO2. The van der Waals surface area contributed by atoms with E-state index in [0.29, 0.717) is 12.0 Å². The van der Waals surface area contributed by atoms with Gasteiger partial charge in [-0.15, -0.1) is 0 Å². The zero-order valence-electron chi connectivity index (χ0n) is 14.1. The Bertz CT molecular complexity index is 793. The smallest absolute Gasteiger partial charge is 0.269 e. The van der Waals surface area contributed by atoms with Crippen molar-refractivity contribution in [3.8, 4) is 11.3 Å². The number of hydrogen-bond donors (Lipinski definition) is 0. The molecule has 130 valence electrons. The maximum absolute atomic E-state index is 14.4. The van der Waals surface area contributed by atoms with Crippen LogP contribution in [0.4, 0.5) is 8.78 Å². The van der Waals surface area contributed by atoms with Crippen molar-refractivity contribution in [3.05, 3.63) is 56.8 Å². The number of benzene rings is 1. The lowest BCUT2D eigenvalue weighted by Gasteiger charge is -2.31. The molecule has 0 bridgehead atoms. The van der Waals surface area contributed by atoms with Gasteiger partial charge in [0.1, 0.15) is 16.7 Å². The molecule has 0 fully saturated rings. The topological polar surface area (TPSA) is 31.2 Å². The van der Waals surface area contributed by atoms with Crippen molar-refractivity contribution in [2.45, 2.75) is 39.3 Å². The molecule has 0 saturated heterocycles. The van der Waals surface area contributed by atoms with Gasteiger partial charge in [0.25, 0.3) is 5.56 Å². The molecule has 0 aliphatic rings. The Morgan fingerprint density at radius 3 is 2.29 bits per heavy atom. The number of rotatable bonds is 5. The fourth-order valence-corrected chi connectivity index (χ4v) is 2.99. The van der Waals surface area contributed by atoms with Crippen LogP contribution in [0.2, 0.25) is 5.02 Å². The second-order valence-corrected chi connectivity index (χ2v) is 6.10. The summed E-state index contributed by atoms with van der Waals surface area (Å²) in [7, 11) is 1.51. The normalized spacial score (nSPS) is 13.8. The molecule has 1 unspecified atom stereocenters. The van der Waals surface area contributed by atoms with Gasteiger partial charge in [-0.25, -0.2) is 8.78 Å². The quantitative estimate of drug-likeness (QED) is 0.775. The molecule has 24 heavy (non-hydrogen) atoms. The molecule has 0 N–H and O–H groups in total. The van der Waals surface area contributed by atoms with Crippen molar-refractivity contribution in [1.82, 2.24) is 4.57 Å². The SMILES string of the molecule is CCn1c(-c2c(F)cccc2F)c(C(C)(CC)OC)cc(Cl)c1=O. The van der Waals surface area contributed by atoms with E-state index >= 15 is 0 Å². The highest BCUT2D eigenvalue weighted by molar-refractivity contribution is 6.30. The lowest BCUT2D eigenvalue weighted by atomic mass is 9.88. The van der Waals surface area contributed by atoms with Crippen LogP contribution in [0.15, 0.2) is 29.1 Å². The van der Waals surface area contributed by atoms with Gasteiger partial charge in [0.05, 0.1) is 16.9 Å². The molecule has 1 heterocycles. The predicted octanol–water partition coefficient (Wildman–Crippen LogP) is 4.74. The van der Waals surface area contributed by atoms with Crippen molar-refractivity contribution < 1.29 is 13.5 Å². The first-order valence-corrected chi connectivity index (χ1v) is 8.11. The summed E-state index contributed by atoms with van der Waals surface area (Å²) in [4.78, 5) is 12.4. The summed E-state index contributed by atoms with van der Waals surface area (Å²) in [5.41, 5.74) is -0.954. The number of ether oxygens (including phenoxy) is 1. The number of methoxy groups -OCH3 is 1. The van der Waals surface area contributed by atoms with Gasteiger partial charge in [-0.2, -0.15) is 0 Å². The van der Waals surface area contributed by atoms with Crippen molar-refractivity contribution in [1.29, 1.82) is 0 Å². The Morgan fingerprint density at radius 2 is 1.83 bits per heavy atom. The van der Waals surface area contributed by atoms with Gasteiger partial charge >= 0.3 is 0 Å². The van der Waals surface area contributed by atoms with E-state index < -0.39 is 22.8 Å². The third kappa shape index (κ3) is 2.98. The van der Waals surface area contributed by atoms with E-state index in [-0.39, 0.29) is 22.8 Å². The summed E-state index contributed by atoms with van der Waals surface area (Å²) in [5, 5.41) is -0.0101. The first-order valence-electron chi connectivity index (χ1n) is 7.74. The van der Waals surface area contributed by atoms with Crippen molar-refractivity contribution >= 4 is 11.6 Å². The number of hydrogen-bond acceptors (Lipinski definition) is 2. The largest absolute Gasteiger partial charge is 0.374 e. The third-order valence-corrected chi connectivity index (χ3v) is 4.73.